The fourth-order valence-electron chi connectivity index (χ4n) is 2.82. The molecule has 9 nitrogen and oxygen atoms in total. The summed E-state index contributed by atoms with van der Waals surface area (Å²) in [5, 5.41) is 9.42. The molecule has 0 unspecified atom stereocenters. The summed E-state index contributed by atoms with van der Waals surface area (Å²) >= 11 is 0. The number of nitrogens with zero attached hydrogens (tertiary/aromatic N) is 2. The Hall–Kier alpha value is -2.88. The third-order valence-electron chi connectivity index (χ3n) is 4.21. The van der Waals surface area contributed by atoms with E-state index < -0.39 is 21.7 Å². The van der Waals surface area contributed by atoms with Crippen LogP contribution in [-0.2, 0) is 30.9 Å². The van der Waals surface area contributed by atoms with Gasteiger partial charge in [0.1, 0.15) is 11.6 Å². The van der Waals surface area contributed by atoms with Gasteiger partial charge in [-0.3, -0.25) is 9.59 Å². The van der Waals surface area contributed by atoms with Crippen molar-refractivity contribution in [1.29, 1.82) is 0 Å². The largest absolute Gasteiger partial charge is 0.497 e. The molecule has 0 saturated heterocycles. The summed E-state index contributed by atoms with van der Waals surface area (Å²) in [5.41, 5.74) is 1.38. The molecule has 0 atom stereocenters. The lowest BCUT2D eigenvalue weighted by Gasteiger charge is -2.12. The Balaban J connectivity index is 1.93. The molecule has 2 heterocycles. The molecule has 0 saturated carbocycles. The van der Waals surface area contributed by atoms with E-state index in [-0.39, 0.29) is 23.2 Å². The minimum Gasteiger partial charge on any atom is -0.497 e. The minimum atomic E-state index is -3.32. The van der Waals surface area contributed by atoms with Crippen molar-refractivity contribution in [3.05, 3.63) is 35.5 Å². The predicted octanol–water partition coefficient (Wildman–Crippen LogP) is 1.02. The zero-order valence-electron chi connectivity index (χ0n) is 15.9. The Morgan fingerprint density at radius 1 is 1.18 bits per heavy atom. The number of nitrogens with one attached hydrogen (secondary N) is 2. The average molecular weight is 406 g/mol. The number of benzene rings is 1. The van der Waals surface area contributed by atoms with Crippen LogP contribution in [0.2, 0.25) is 0 Å². The molecule has 0 fully saturated rings. The molecule has 2 aromatic rings. The molecule has 0 radical (unpaired) electrons. The third-order valence-corrected chi connectivity index (χ3v) is 5.66. The number of amides is 2. The van der Waals surface area contributed by atoms with Crippen molar-refractivity contribution in [3.8, 4) is 11.4 Å². The summed E-state index contributed by atoms with van der Waals surface area (Å²) in [4.78, 5) is 24.4. The highest BCUT2D eigenvalue weighted by Crippen LogP contribution is 2.33. The van der Waals surface area contributed by atoms with Crippen LogP contribution >= 0.6 is 0 Å². The quantitative estimate of drug-likeness (QED) is 0.716. The van der Waals surface area contributed by atoms with Gasteiger partial charge < -0.3 is 15.4 Å². The van der Waals surface area contributed by atoms with Crippen LogP contribution in [0.15, 0.2) is 24.3 Å². The summed E-state index contributed by atoms with van der Waals surface area (Å²) in [7, 11) is -1.77. The fourth-order valence-corrected chi connectivity index (χ4v) is 4.32. The smallest absolute Gasteiger partial charge is 0.314 e. The van der Waals surface area contributed by atoms with Crippen molar-refractivity contribution >= 4 is 27.5 Å². The number of hydrogen-bond acceptors (Lipinski definition) is 6. The van der Waals surface area contributed by atoms with Crippen molar-refractivity contribution in [2.75, 3.05) is 19.0 Å². The van der Waals surface area contributed by atoms with Gasteiger partial charge in [0.05, 0.1) is 30.0 Å². The molecule has 10 heteroatoms. The first-order valence-electron chi connectivity index (χ1n) is 8.75. The Labute approximate surface area is 163 Å². The zero-order valence-corrected chi connectivity index (χ0v) is 16.7. The molecule has 1 aromatic carbocycles. The van der Waals surface area contributed by atoms with E-state index in [1.165, 1.54) is 4.68 Å². The maximum absolute atomic E-state index is 12.3. The van der Waals surface area contributed by atoms with Crippen molar-refractivity contribution in [2.45, 2.75) is 25.4 Å². The van der Waals surface area contributed by atoms with Gasteiger partial charge in [0.2, 0.25) is 0 Å². The van der Waals surface area contributed by atoms with Gasteiger partial charge in [0, 0.05) is 12.1 Å². The molecule has 2 N–H and O–H groups in total. The molecule has 3 rings (SSSR count). The van der Waals surface area contributed by atoms with Crippen LogP contribution in [0.1, 0.15) is 25.1 Å². The van der Waals surface area contributed by atoms with Gasteiger partial charge in [0.15, 0.2) is 9.84 Å². The number of ether oxygens (including phenoxy) is 1. The number of carbonyl (C=O) groups excluding carboxylic acids is 2. The Kier molecular flexibility index (Phi) is 5.41. The maximum atomic E-state index is 12.3. The minimum absolute atomic E-state index is 0.186. The highest BCUT2D eigenvalue weighted by Gasteiger charge is 2.33. The van der Waals surface area contributed by atoms with E-state index in [0.717, 1.165) is 0 Å². The molecular formula is C18H22N4O5S. The second-order valence-electron chi connectivity index (χ2n) is 6.97. The molecule has 1 aromatic heterocycles. The Morgan fingerprint density at radius 3 is 2.46 bits per heavy atom. The van der Waals surface area contributed by atoms with Crippen LogP contribution in [0.25, 0.3) is 5.69 Å². The van der Waals surface area contributed by atoms with E-state index in [0.29, 0.717) is 29.2 Å². The number of fused-ring (bicyclic) bond motifs is 1. The summed E-state index contributed by atoms with van der Waals surface area (Å²) in [6.45, 7) is 4.18. The lowest BCUT2D eigenvalue weighted by molar-refractivity contribution is -0.136. The number of rotatable bonds is 5. The second kappa shape index (κ2) is 7.63. The van der Waals surface area contributed by atoms with Gasteiger partial charge in [-0.1, -0.05) is 13.8 Å². The van der Waals surface area contributed by atoms with Crippen LogP contribution in [0, 0.1) is 5.92 Å². The Morgan fingerprint density at radius 2 is 1.86 bits per heavy atom. The van der Waals surface area contributed by atoms with Crippen LogP contribution in [0.3, 0.4) is 0 Å². The van der Waals surface area contributed by atoms with Gasteiger partial charge in [-0.2, -0.15) is 5.10 Å². The van der Waals surface area contributed by atoms with E-state index in [1.54, 1.807) is 31.4 Å². The normalized spacial score (nSPS) is 14.6. The summed E-state index contributed by atoms with van der Waals surface area (Å²) < 4.78 is 30.5. The lowest BCUT2D eigenvalue weighted by atomic mass is 10.2. The van der Waals surface area contributed by atoms with Gasteiger partial charge >= 0.3 is 11.8 Å². The summed E-state index contributed by atoms with van der Waals surface area (Å²) in [6.07, 6.45) is 0. The van der Waals surface area contributed by atoms with E-state index in [1.807, 2.05) is 13.8 Å². The number of methoxy groups -OCH3 is 1. The second-order valence-corrected chi connectivity index (χ2v) is 9.04. The van der Waals surface area contributed by atoms with E-state index in [4.69, 9.17) is 4.74 Å². The van der Waals surface area contributed by atoms with Gasteiger partial charge in [-0.15, -0.1) is 0 Å². The first kappa shape index (κ1) is 19.9. The zero-order chi connectivity index (χ0) is 20.5. The number of aromatic nitrogens is 2. The van der Waals surface area contributed by atoms with Crippen LogP contribution in [-0.4, -0.2) is 43.7 Å². The highest BCUT2D eigenvalue weighted by atomic mass is 32.2. The molecule has 2 amide bonds. The fraction of sp³-hybridized carbons (Fsp3) is 0.389. The maximum Gasteiger partial charge on any atom is 0.314 e. The molecule has 1 aliphatic rings. The molecular weight excluding hydrogens is 384 g/mol. The molecule has 0 spiro atoms. The van der Waals surface area contributed by atoms with Crippen molar-refractivity contribution in [3.63, 3.8) is 0 Å². The number of sulfone groups is 1. The first-order valence-corrected chi connectivity index (χ1v) is 10.6. The van der Waals surface area contributed by atoms with Crippen molar-refractivity contribution in [1.82, 2.24) is 15.1 Å². The van der Waals surface area contributed by atoms with Crippen molar-refractivity contribution < 1.29 is 22.7 Å². The number of hydrogen-bond donors (Lipinski definition) is 2. The Bertz CT molecular complexity index is 1010. The van der Waals surface area contributed by atoms with Crippen LogP contribution in [0.5, 0.6) is 5.75 Å². The van der Waals surface area contributed by atoms with E-state index >= 15 is 0 Å². The predicted molar refractivity (Wildman–Crippen MR) is 103 cm³/mol. The monoisotopic (exact) mass is 406 g/mol. The average Bonchev–Trinajstić information content (AvgIpc) is 3.12. The molecule has 1 aliphatic heterocycles. The number of anilines is 1. The topological polar surface area (TPSA) is 119 Å². The van der Waals surface area contributed by atoms with Crippen LogP contribution in [0.4, 0.5) is 5.82 Å². The van der Waals surface area contributed by atoms with Crippen molar-refractivity contribution in [2.24, 2.45) is 5.92 Å². The van der Waals surface area contributed by atoms with Gasteiger partial charge in [0.25, 0.3) is 0 Å². The molecule has 150 valence electrons. The van der Waals surface area contributed by atoms with Crippen LogP contribution < -0.4 is 15.4 Å². The summed E-state index contributed by atoms with van der Waals surface area (Å²) in [6, 6.07) is 6.90. The van der Waals surface area contributed by atoms with Gasteiger partial charge in [-0.05, 0) is 30.2 Å². The molecule has 0 aliphatic carbocycles. The lowest BCUT2D eigenvalue weighted by Crippen LogP contribution is -2.37. The third kappa shape index (κ3) is 4.16. The standard InChI is InChI=1S/C18H22N4O5S/c1-11(2)8-19-17(23)18(24)20-16-14-9-28(25,26)10-15(14)21-22(16)12-4-6-13(27-3)7-5-12/h4-7,11H,8-10H2,1-3H3,(H,19,23)(H,20,24). The highest BCUT2D eigenvalue weighted by molar-refractivity contribution is 7.90. The summed E-state index contributed by atoms with van der Waals surface area (Å²) in [5.74, 6) is -1.07. The van der Waals surface area contributed by atoms with E-state index in [9.17, 15) is 18.0 Å². The van der Waals surface area contributed by atoms with E-state index in [2.05, 4.69) is 15.7 Å². The molecule has 0 bridgehead atoms. The molecule has 28 heavy (non-hydrogen) atoms. The number of carbonyl (C=O) groups is 2. The van der Waals surface area contributed by atoms with Gasteiger partial charge in [-0.25, -0.2) is 13.1 Å². The first-order chi connectivity index (χ1) is 13.2. The SMILES string of the molecule is COc1ccc(-n2nc3c(c2NC(=O)C(=O)NCC(C)C)CS(=O)(=O)C3)cc1.